The Balaban J connectivity index is 1.65. The van der Waals surface area contributed by atoms with Crippen LogP contribution in [0.3, 0.4) is 0 Å². The Kier molecular flexibility index (Phi) is 6.01. The second-order valence-corrected chi connectivity index (χ2v) is 5.78. The molecule has 0 unspecified atom stereocenters. The fourth-order valence-corrected chi connectivity index (χ4v) is 2.87. The maximum Gasteiger partial charge on any atom is 0.133 e. The van der Waals surface area contributed by atoms with Gasteiger partial charge >= 0.3 is 0 Å². The van der Waals surface area contributed by atoms with Crippen molar-refractivity contribution in [3.63, 3.8) is 0 Å². The standard InChI is InChI=1S/C15H22BrNO/c16-14-9-5-6-10-15(14)18-12-11-17-13-7-3-1-2-4-8-13/h5-6,9-10,13,17H,1-4,7-8,11-12H2. The molecule has 100 valence electrons. The molecule has 0 bridgehead atoms. The fraction of sp³-hybridized carbons (Fsp3) is 0.600. The third kappa shape index (κ3) is 4.62. The Morgan fingerprint density at radius 1 is 1.11 bits per heavy atom. The zero-order valence-corrected chi connectivity index (χ0v) is 12.4. The maximum absolute atomic E-state index is 5.75. The Labute approximate surface area is 118 Å². The van der Waals surface area contributed by atoms with Gasteiger partial charge in [0.1, 0.15) is 12.4 Å². The summed E-state index contributed by atoms with van der Waals surface area (Å²) in [6, 6.07) is 8.71. The molecule has 1 aromatic carbocycles. The molecule has 0 atom stereocenters. The molecule has 0 heterocycles. The molecule has 0 amide bonds. The molecule has 18 heavy (non-hydrogen) atoms. The predicted octanol–water partition coefficient (Wildman–Crippen LogP) is 4.14. The van der Waals surface area contributed by atoms with E-state index in [1.807, 2.05) is 24.3 Å². The van der Waals surface area contributed by atoms with E-state index >= 15 is 0 Å². The molecule has 1 aromatic rings. The van der Waals surface area contributed by atoms with E-state index in [0.29, 0.717) is 6.04 Å². The summed E-state index contributed by atoms with van der Waals surface area (Å²) in [5, 5.41) is 3.61. The predicted molar refractivity (Wildman–Crippen MR) is 79.1 cm³/mol. The third-order valence-electron chi connectivity index (χ3n) is 3.48. The number of hydrogen-bond acceptors (Lipinski definition) is 2. The van der Waals surface area contributed by atoms with Gasteiger partial charge in [-0.1, -0.05) is 37.8 Å². The van der Waals surface area contributed by atoms with Crippen LogP contribution in [0.4, 0.5) is 0 Å². The molecule has 1 saturated carbocycles. The molecular formula is C15H22BrNO. The van der Waals surface area contributed by atoms with Crippen LogP contribution < -0.4 is 10.1 Å². The van der Waals surface area contributed by atoms with Crippen LogP contribution in [0, 0.1) is 0 Å². The minimum Gasteiger partial charge on any atom is -0.491 e. The molecule has 1 fully saturated rings. The first-order chi connectivity index (χ1) is 8.86. The SMILES string of the molecule is Brc1ccccc1OCCNC1CCCCCC1. The van der Waals surface area contributed by atoms with E-state index in [4.69, 9.17) is 4.74 Å². The molecule has 2 rings (SSSR count). The summed E-state index contributed by atoms with van der Waals surface area (Å²) in [4.78, 5) is 0. The molecule has 2 nitrogen and oxygen atoms in total. The van der Waals surface area contributed by atoms with Crippen LogP contribution in [0.2, 0.25) is 0 Å². The molecule has 1 aliphatic rings. The molecule has 1 N–H and O–H groups in total. The van der Waals surface area contributed by atoms with E-state index < -0.39 is 0 Å². The van der Waals surface area contributed by atoms with Gasteiger partial charge in [-0.15, -0.1) is 0 Å². The summed E-state index contributed by atoms with van der Waals surface area (Å²) < 4.78 is 6.78. The van der Waals surface area contributed by atoms with Gasteiger partial charge in [-0.3, -0.25) is 0 Å². The molecule has 3 heteroatoms. The topological polar surface area (TPSA) is 21.3 Å². The number of benzene rings is 1. The fourth-order valence-electron chi connectivity index (χ4n) is 2.47. The van der Waals surface area contributed by atoms with Gasteiger partial charge in [-0.05, 0) is 40.9 Å². The van der Waals surface area contributed by atoms with Crippen LogP contribution in [0.15, 0.2) is 28.7 Å². The maximum atomic E-state index is 5.75. The van der Waals surface area contributed by atoms with Crippen molar-refractivity contribution in [1.29, 1.82) is 0 Å². The Morgan fingerprint density at radius 2 is 1.83 bits per heavy atom. The molecular weight excluding hydrogens is 290 g/mol. The van der Waals surface area contributed by atoms with Crippen molar-refractivity contribution in [2.24, 2.45) is 0 Å². The highest BCUT2D eigenvalue weighted by Crippen LogP contribution is 2.23. The van der Waals surface area contributed by atoms with Crippen molar-refractivity contribution in [2.75, 3.05) is 13.2 Å². The second-order valence-electron chi connectivity index (χ2n) is 4.92. The first kappa shape index (κ1) is 13.9. The zero-order chi connectivity index (χ0) is 12.6. The number of rotatable bonds is 5. The van der Waals surface area contributed by atoms with Gasteiger partial charge in [0.2, 0.25) is 0 Å². The average Bonchev–Trinajstić information content (AvgIpc) is 2.65. The van der Waals surface area contributed by atoms with Crippen LogP contribution in [0.1, 0.15) is 38.5 Å². The highest BCUT2D eigenvalue weighted by atomic mass is 79.9. The third-order valence-corrected chi connectivity index (χ3v) is 4.14. The number of ether oxygens (including phenoxy) is 1. The molecule has 0 saturated heterocycles. The number of halogens is 1. The zero-order valence-electron chi connectivity index (χ0n) is 10.8. The van der Waals surface area contributed by atoms with E-state index in [0.717, 1.165) is 23.4 Å². The van der Waals surface area contributed by atoms with E-state index in [9.17, 15) is 0 Å². The monoisotopic (exact) mass is 311 g/mol. The van der Waals surface area contributed by atoms with Gasteiger partial charge in [-0.2, -0.15) is 0 Å². The van der Waals surface area contributed by atoms with Crippen LogP contribution in [0.5, 0.6) is 5.75 Å². The van der Waals surface area contributed by atoms with Crippen LogP contribution >= 0.6 is 15.9 Å². The Morgan fingerprint density at radius 3 is 2.56 bits per heavy atom. The smallest absolute Gasteiger partial charge is 0.133 e. The van der Waals surface area contributed by atoms with Crippen molar-refractivity contribution in [3.8, 4) is 5.75 Å². The Hall–Kier alpha value is -0.540. The largest absolute Gasteiger partial charge is 0.491 e. The van der Waals surface area contributed by atoms with E-state index in [2.05, 4.69) is 21.2 Å². The van der Waals surface area contributed by atoms with Crippen molar-refractivity contribution in [2.45, 2.75) is 44.6 Å². The molecule has 0 aliphatic heterocycles. The lowest BCUT2D eigenvalue weighted by Gasteiger charge is -2.16. The number of hydrogen-bond donors (Lipinski definition) is 1. The lowest BCUT2D eigenvalue weighted by atomic mass is 10.1. The van der Waals surface area contributed by atoms with E-state index in [1.54, 1.807) is 0 Å². The van der Waals surface area contributed by atoms with Gasteiger partial charge in [0.15, 0.2) is 0 Å². The summed E-state index contributed by atoms with van der Waals surface area (Å²) in [5.41, 5.74) is 0. The minimum atomic E-state index is 0.704. The summed E-state index contributed by atoms with van der Waals surface area (Å²) in [6.07, 6.45) is 8.23. The molecule has 0 radical (unpaired) electrons. The van der Waals surface area contributed by atoms with Gasteiger partial charge in [-0.25, -0.2) is 0 Å². The lowest BCUT2D eigenvalue weighted by molar-refractivity contribution is 0.299. The Bertz CT molecular complexity index is 348. The van der Waals surface area contributed by atoms with Crippen molar-refractivity contribution >= 4 is 15.9 Å². The van der Waals surface area contributed by atoms with Gasteiger partial charge in [0.05, 0.1) is 4.47 Å². The quantitative estimate of drug-likeness (QED) is 0.652. The number of para-hydroxylation sites is 1. The summed E-state index contributed by atoms with van der Waals surface area (Å²) in [7, 11) is 0. The summed E-state index contributed by atoms with van der Waals surface area (Å²) in [5.74, 6) is 0.931. The summed E-state index contributed by atoms with van der Waals surface area (Å²) in [6.45, 7) is 1.67. The highest BCUT2D eigenvalue weighted by molar-refractivity contribution is 9.10. The van der Waals surface area contributed by atoms with Gasteiger partial charge in [0.25, 0.3) is 0 Å². The van der Waals surface area contributed by atoms with E-state index in [1.165, 1.54) is 38.5 Å². The average molecular weight is 312 g/mol. The minimum absolute atomic E-state index is 0.704. The van der Waals surface area contributed by atoms with Crippen LogP contribution in [0.25, 0.3) is 0 Å². The van der Waals surface area contributed by atoms with E-state index in [-0.39, 0.29) is 0 Å². The first-order valence-electron chi connectivity index (χ1n) is 6.97. The first-order valence-corrected chi connectivity index (χ1v) is 7.76. The summed E-state index contributed by atoms with van der Waals surface area (Å²) >= 11 is 3.49. The molecule has 1 aliphatic carbocycles. The van der Waals surface area contributed by atoms with Gasteiger partial charge in [0, 0.05) is 12.6 Å². The van der Waals surface area contributed by atoms with Crippen molar-refractivity contribution in [1.82, 2.24) is 5.32 Å². The molecule has 0 spiro atoms. The van der Waals surface area contributed by atoms with Crippen LogP contribution in [-0.4, -0.2) is 19.2 Å². The lowest BCUT2D eigenvalue weighted by Crippen LogP contribution is -2.32. The normalized spacial score (nSPS) is 17.4. The number of nitrogens with one attached hydrogen (secondary N) is 1. The molecule has 0 aromatic heterocycles. The highest BCUT2D eigenvalue weighted by Gasteiger charge is 2.10. The van der Waals surface area contributed by atoms with Gasteiger partial charge < -0.3 is 10.1 Å². The van der Waals surface area contributed by atoms with Crippen molar-refractivity contribution in [3.05, 3.63) is 28.7 Å². The van der Waals surface area contributed by atoms with Crippen molar-refractivity contribution < 1.29 is 4.74 Å². The van der Waals surface area contributed by atoms with Crippen LogP contribution in [-0.2, 0) is 0 Å². The second kappa shape index (κ2) is 7.80.